The third kappa shape index (κ3) is 2.37. The van der Waals surface area contributed by atoms with E-state index in [4.69, 9.17) is 4.98 Å². The molecule has 4 rings (SSSR count). The standard InChI is InChI=1S/C20H21N2SeSi/c1-14-12-19-17(13-15(14)16-8-5-6-11-22(16)2)23-20-18(24(19,3)4)9-7-10-21-20/h5-13H,1-4H3/q+1. The maximum absolute atomic E-state index is 4.71. The first kappa shape index (κ1) is 15.8. The Balaban J connectivity index is 1.93. The maximum atomic E-state index is 4.71. The molecular weight excluding hydrogens is 375 g/mol. The molecule has 0 aliphatic carbocycles. The zero-order valence-electron chi connectivity index (χ0n) is 14.5. The van der Waals surface area contributed by atoms with Gasteiger partial charge in [0.05, 0.1) is 0 Å². The van der Waals surface area contributed by atoms with E-state index in [1.165, 1.54) is 31.1 Å². The molecule has 2 aromatic heterocycles. The molecule has 0 atom stereocenters. The third-order valence-corrected chi connectivity index (χ3v) is 11.6. The van der Waals surface area contributed by atoms with Gasteiger partial charge in [-0.2, -0.15) is 0 Å². The van der Waals surface area contributed by atoms with Gasteiger partial charge in [0.2, 0.25) is 0 Å². The monoisotopic (exact) mass is 397 g/mol. The van der Waals surface area contributed by atoms with Gasteiger partial charge in [-0.05, 0) is 0 Å². The zero-order chi connectivity index (χ0) is 16.9. The van der Waals surface area contributed by atoms with Gasteiger partial charge < -0.3 is 0 Å². The SMILES string of the molecule is Cc1cc2c(cc1-c1cccc[n+]1C)[Se]c1ncccc1[Si]2(C)C. The van der Waals surface area contributed by atoms with E-state index in [9.17, 15) is 0 Å². The first-order valence-corrected chi connectivity index (χ1v) is 12.9. The van der Waals surface area contributed by atoms with Crippen molar-refractivity contribution in [2.24, 2.45) is 7.05 Å². The van der Waals surface area contributed by atoms with E-state index < -0.39 is 8.07 Å². The van der Waals surface area contributed by atoms with Gasteiger partial charge in [-0.3, -0.25) is 0 Å². The number of nitrogens with zero attached hydrogens (tertiary/aromatic N) is 2. The topological polar surface area (TPSA) is 16.8 Å². The average molecular weight is 396 g/mol. The van der Waals surface area contributed by atoms with E-state index in [1.807, 2.05) is 6.20 Å². The number of aryl methyl sites for hydroxylation is 2. The Morgan fingerprint density at radius 1 is 1.04 bits per heavy atom. The fourth-order valence-electron chi connectivity index (χ4n) is 3.54. The third-order valence-electron chi connectivity index (χ3n) is 4.98. The molecule has 0 bridgehead atoms. The van der Waals surface area contributed by atoms with Crippen molar-refractivity contribution in [2.75, 3.05) is 0 Å². The van der Waals surface area contributed by atoms with Crippen LogP contribution in [0.25, 0.3) is 11.3 Å². The van der Waals surface area contributed by atoms with Crippen molar-refractivity contribution >= 4 is 42.5 Å². The van der Waals surface area contributed by atoms with Gasteiger partial charge in [-0.15, -0.1) is 0 Å². The molecule has 2 nitrogen and oxygen atoms in total. The van der Waals surface area contributed by atoms with Crippen LogP contribution in [0.1, 0.15) is 5.56 Å². The van der Waals surface area contributed by atoms with Gasteiger partial charge in [-0.25, -0.2) is 0 Å². The van der Waals surface area contributed by atoms with Crippen LogP contribution in [0.2, 0.25) is 13.1 Å². The molecule has 0 amide bonds. The Labute approximate surface area is 150 Å². The number of benzene rings is 1. The van der Waals surface area contributed by atoms with Gasteiger partial charge in [0.15, 0.2) is 0 Å². The molecule has 0 N–H and O–H groups in total. The summed E-state index contributed by atoms with van der Waals surface area (Å²) in [6.45, 7) is 7.17. The quantitative estimate of drug-likeness (QED) is 0.437. The Kier molecular flexibility index (Phi) is 3.72. The van der Waals surface area contributed by atoms with Crippen LogP contribution in [0.5, 0.6) is 0 Å². The second-order valence-corrected chi connectivity index (χ2v) is 13.4. The summed E-state index contributed by atoms with van der Waals surface area (Å²) in [5.74, 6) is 0. The normalized spacial score (nSPS) is 14.8. The molecule has 3 aromatic rings. The first-order chi connectivity index (χ1) is 11.5. The van der Waals surface area contributed by atoms with Crippen molar-refractivity contribution in [1.29, 1.82) is 0 Å². The van der Waals surface area contributed by atoms with Crippen LogP contribution in [-0.2, 0) is 7.05 Å². The van der Waals surface area contributed by atoms with Gasteiger partial charge in [0, 0.05) is 0 Å². The predicted molar refractivity (Wildman–Crippen MR) is 104 cm³/mol. The predicted octanol–water partition coefficient (Wildman–Crippen LogP) is 0.673. The summed E-state index contributed by atoms with van der Waals surface area (Å²) >= 11 is 0.296. The summed E-state index contributed by atoms with van der Waals surface area (Å²) in [6, 6.07) is 15.7. The first-order valence-electron chi connectivity index (χ1n) is 8.22. The number of fused-ring (bicyclic) bond motifs is 2. The fourth-order valence-corrected chi connectivity index (χ4v) is 11.7. The Morgan fingerprint density at radius 3 is 2.67 bits per heavy atom. The molecule has 0 saturated heterocycles. The van der Waals surface area contributed by atoms with Crippen molar-refractivity contribution in [3.05, 3.63) is 60.4 Å². The van der Waals surface area contributed by atoms with Crippen molar-refractivity contribution in [2.45, 2.75) is 20.0 Å². The molecule has 4 heteroatoms. The Morgan fingerprint density at radius 2 is 1.88 bits per heavy atom. The summed E-state index contributed by atoms with van der Waals surface area (Å²) in [7, 11) is 0.466. The minimum atomic E-state index is -1.65. The average Bonchev–Trinajstić information content (AvgIpc) is 2.56. The van der Waals surface area contributed by atoms with E-state index in [0.29, 0.717) is 15.0 Å². The molecule has 1 aliphatic heterocycles. The molecule has 0 radical (unpaired) electrons. The molecule has 1 aromatic carbocycles. The van der Waals surface area contributed by atoms with Crippen molar-refractivity contribution < 1.29 is 4.57 Å². The summed E-state index contributed by atoms with van der Waals surface area (Å²) in [5, 5.41) is 3.12. The summed E-state index contributed by atoms with van der Waals surface area (Å²) in [4.78, 5) is 4.71. The van der Waals surface area contributed by atoms with E-state index >= 15 is 0 Å². The van der Waals surface area contributed by atoms with E-state index in [1.54, 1.807) is 5.19 Å². The summed E-state index contributed by atoms with van der Waals surface area (Å²) in [5.41, 5.74) is 4.00. The summed E-state index contributed by atoms with van der Waals surface area (Å²) < 4.78 is 5.07. The van der Waals surface area contributed by atoms with Gasteiger partial charge in [-0.1, -0.05) is 0 Å². The second-order valence-electron chi connectivity index (χ2n) is 6.94. The van der Waals surface area contributed by atoms with Crippen molar-refractivity contribution in [1.82, 2.24) is 4.98 Å². The minimum absolute atomic E-state index is 0.296. The fraction of sp³-hybridized carbons (Fsp3) is 0.200. The molecule has 120 valence electrons. The second kappa shape index (κ2) is 5.66. The van der Waals surface area contributed by atoms with E-state index in [0.717, 1.165) is 0 Å². The van der Waals surface area contributed by atoms with Gasteiger partial charge in [0.25, 0.3) is 0 Å². The van der Waals surface area contributed by atoms with Crippen LogP contribution < -0.4 is 24.0 Å². The molecule has 0 fully saturated rings. The Bertz CT molecular complexity index is 950. The molecule has 24 heavy (non-hydrogen) atoms. The number of rotatable bonds is 1. The van der Waals surface area contributed by atoms with Crippen LogP contribution in [0.3, 0.4) is 0 Å². The molecule has 0 unspecified atom stereocenters. The number of hydrogen-bond donors (Lipinski definition) is 0. The van der Waals surface area contributed by atoms with Crippen LogP contribution in [0.4, 0.5) is 0 Å². The van der Waals surface area contributed by atoms with Crippen LogP contribution in [0.15, 0.2) is 54.9 Å². The number of aromatic nitrogens is 2. The molecular formula is C20H21N2SeSi+. The molecule has 0 spiro atoms. The Hall–Kier alpha value is -1.74. The number of pyridine rings is 2. The van der Waals surface area contributed by atoms with E-state index in [2.05, 4.69) is 80.3 Å². The molecule has 0 saturated carbocycles. The van der Waals surface area contributed by atoms with Crippen LogP contribution in [0, 0.1) is 6.92 Å². The van der Waals surface area contributed by atoms with Crippen LogP contribution >= 0.6 is 0 Å². The van der Waals surface area contributed by atoms with E-state index in [-0.39, 0.29) is 0 Å². The molecule has 1 aliphatic rings. The van der Waals surface area contributed by atoms with Gasteiger partial charge in [0.1, 0.15) is 0 Å². The van der Waals surface area contributed by atoms with Crippen LogP contribution in [-0.4, -0.2) is 28.0 Å². The van der Waals surface area contributed by atoms with Crippen molar-refractivity contribution in [3.8, 4) is 11.3 Å². The summed E-state index contributed by atoms with van der Waals surface area (Å²) in [6.07, 6.45) is 4.07. The van der Waals surface area contributed by atoms with Gasteiger partial charge >= 0.3 is 151 Å². The van der Waals surface area contributed by atoms with Crippen molar-refractivity contribution in [3.63, 3.8) is 0 Å². The number of hydrogen-bond acceptors (Lipinski definition) is 1. The molecule has 3 heterocycles. The zero-order valence-corrected chi connectivity index (χ0v) is 17.2.